The van der Waals surface area contributed by atoms with E-state index in [0.717, 1.165) is 24.8 Å². The van der Waals surface area contributed by atoms with Gasteiger partial charge in [-0.1, -0.05) is 19.6 Å². The molecular weight excluding hydrogens is 172 g/mol. The summed E-state index contributed by atoms with van der Waals surface area (Å²) in [7, 11) is 0. The van der Waals surface area contributed by atoms with Crippen LogP contribution in [0.5, 0.6) is 0 Å². The molecule has 1 rings (SSSR count). The van der Waals surface area contributed by atoms with Crippen molar-refractivity contribution in [2.45, 2.75) is 26.7 Å². The number of piperidine rings is 1. The van der Waals surface area contributed by atoms with E-state index in [2.05, 4.69) is 29.5 Å². The van der Waals surface area contributed by atoms with Crippen LogP contribution in [0.15, 0.2) is 29.9 Å². The van der Waals surface area contributed by atoms with Crippen LogP contribution in [0, 0.1) is 5.92 Å². The van der Waals surface area contributed by atoms with Crippen LogP contribution in [0.2, 0.25) is 0 Å². The fourth-order valence-corrected chi connectivity index (χ4v) is 1.71. The maximum Gasteiger partial charge on any atom is 0.128 e. The van der Waals surface area contributed by atoms with Crippen LogP contribution in [-0.2, 0) is 0 Å². The van der Waals surface area contributed by atoms with Gasteiger partial charge in [-0.15, -0.1) is 0 Å². The smallest absolute Gasteiger partial charge is 0.128 e. The highest BCUT2D eigenvalue weighted by Gasteiger charge is 2.16. The summed E-state index contributed by atoms with van der Waals surface area (Å²) in [5.74, 6) is 1.91. The van der Waals surface area contributed by atoms with Crippen molar-refractivity contribution in [1.29, 1.82) is 0 Å². The minimum absolute atomic E-state index is 0.863. The molecule has 1 aliphatic rings. The van der Waals surface area contributed by atoms with Gasteiger partial charge in [0.1, 0.15) is 5.84 Å². The molecule has 0 atom stereocenters. The van der Waals surface area contributed by atoms with Crippen molar-refractivity contribution in [3.63, 3.8) is 0 Å². The molecule has 1 aliphatic heterocycles. The van der Waals surface area contributed by atoms with Crippen LogP contribution in [-0.4, -0.2) is 23.8 Å². The van der Waals surface area contributed by atoms with E-state index in [-0.39, 0.29) is 0 Å². The molecule has 1 fully saturated rings. The molecule has 0 saturated carbocycles. The average molecular weight is 192 g/mol. The normalized spacial score (nSPS) is 20.4. The molecular formula is C12H20N2. The highest BCUT2D eigenvalue weighted by Crippen LogP contribution is 2.16. The first-order chi connectivity index (χ1) is 6.77. The molecule has 2 heteroatoms. The van der Waals surface area contributed by atoms with Gasteiger partial charge in [-0.25, -0.2) is 4.99 Å². The number of hydrogen-bond acceptors (Lipinski definition) is 1. The van der Waals surface area contributed by atoms with Gasteiger partial charge in [0, 0.05) is 19.3 Å². The second-order valence-electron chi connectivity index (χ2n) is 3.84. The van der Waals surface area contributed by atoms with Crippen molar-refractivity contribution in [3.05, 3.63) is 24.9 Å². The van der Waals surface area contributed by atoms with Crippen LogP contribution in [0.3, 0.4) is 0 Å². The molecule has 0 radical (unpaired) electrons. The van der Waals surface area contributed by atoms with E-state index in [9.17, 15) is 0 Å². The molecule has 14 heavy (non-hydrogen) atoms. The Morgan fingerprint density at radius 1 is 1.43 bits per heavy atom. The number of rotatable bonds is 2. The first-order valence-corrected chi connectivity index (χ1v) is 5.34. The maximum atomic E-state index is 4.28. The lowest BCUT2D eigenvalue weighted by atomic mass is 9.99. The summed E-state index contributed by atoms with van der Waals surface area (Å²) >= 11 is 0. The van der Waals surface area contributed by atoms with Crippen molar-refractivity contribution in [2.75, 3.05) is 13.1 Å². The molecule has 78 valence electrons. The highest BCUT2D eigenvalue weighted by molar-refractivity contribution is 5.93. The lowest BCUT2D eigenvalue weighted by Gasteiger charge is -2.31. The first kappa shape index (κ1) is 11.0. The number of allylic oxidation sites excluding steroid dienone is 1. The van der Waals surface area contributed by atoms with Crippen LogP contribution in [0.4, 0.5) is 0 Å². The van der Waals surface area contributed by atoms with Gasteiger partial charge in [0.05, 0.1) is 0 Å². The summed E-state index contributed by atoms with van der Waals surface area (Å²) < 4.78 is 0. The Balaban J connectivity index is 2.61. The van der Waals surface area contributed by atoms with E-state index in [1.165, 1.54) is 12.8 Å². The van der Waals surface area contributed by atoms with E-state index >= 15 is 0 Å². The monoisotopic (exact) mass is 192 g/mol. The average Bonchev–Trinajstić information content (AvgIpc) is 2.19. The van der Waals surface area contributed by atoms with Gasteiger partial charge in [0.2, 0.25) is 0 Å². The van der Waals surface area contributed by atoms with Gasteiger partial charge in [-0.3, -0.25) is 0 Å². The van der Waals surface area contributed by atoms with Crippen molar-refractivity contribution in [3.8, 4) is 0 Å². The molecule has 0 unspecified atom stereocenters. The molecule has 1 heterocycles. The van der Waals surface area contributed by atoms with E-state index in [1.54, 1.807) is 6.20 Å². The zero-order valence-electron chi connectivity index (χ0n) is 9.24. The Morgan fingerprint density at radius 3 is 2.57 bits per heavy atom. The molecule has 0 aromatic heterocycles. The van der Waals surface area contributed by atoms with Crippen molar-refractivity contribution >= 4 is 5.84 Å². The first-order valence-electron chi connectivity index (χ1n) is 5.34. The van der Waals surface area contributed by atoms with E-state index < -0.39 is 0 Å². The lowest BCUT2D eigenvalue weighted by Crippen LogP contribution is -2.36. The van der Waals surface area contributed by atoms with E-state index in [0.29, 0.717) is 0 Å². The van der Waals surface area contributed by atoms with Crippen LogP contribution in [0.25, 0.3) is 0 Å². The zero-order valence-corrected chi connectivity index (χ0v) is 9.24. The molecule has 1 saturated heterocycles. The summed E-state index contributed by atoms with van der Waals surface area (Å²) in [6.45, 7) is 10.2. The second kappa shape index (κ2) is 5.63. The fraction of sp³-hybridized carbons (Fsp3) is 0.583. The lowest BCUT2D eigenvalue weighted by molar-refractivity contribution is 0.281. The summed E-state index contributed by atoms with van der Waals surface area (Å²) in [4.78, 5) is 6.62. The Hall–Kier alpha value is -1.05. The fourth-order valence-electron chi connectivity index (χ4n) is 1.71. The number of likely N-dealkylation sites (tertiary alicyclic amines) is 1. The Labute approximate surface area is 87.0 Å². The number of hydrogen-bond donors (Lipinski definition) is 0. The zero-order chi connectivity index (χ0) is 10.4. The quantitative estimate of drug-likeness (QED) is 0.485. The van der Waals surface area contributed by atoms with Gasteiger partial charge in [-0.05, 0) is 31.8 Å². The molecule has 2 nitrogen and oxygen atoms in total. The number of amidine groups is 1. The summed E-state index contributed by atoms with van der Waals surface area (Å²) in [6.07, 6.45) is 8.24. The van der Waals surface area contributed by atoms with Gasteiger partial charge in [0.15, 0.2) is 0 Å². The van der Waals surface area contributed by atoms with Crippen LogP contribution in [0.1, 0.15) is 26.7 Å². The SMILES string of the molecule is C=CN=C(/C=C\C)N1CCC(C)CC1. The molecule has 0 aliphatic carbocycles. The van der Waals surface area contributed by atoms with Crippen LogP contribution < -0.4 is 0 Å². The van der Waals surface area contributed by atoms with Crippen LogP contribution >= 0.6 is 0 Å². The molecule has 0 aromatic carbocycles. The minimum Gasteiger partial charge on any atom is -0.357 e. The Kier molecular flexibility index (Phi) is 4.44. The van der Waals surface area contributed by atoms with Crippen molar-refractivity contribution in [1.82, 2.24) is 4.90 Å². The summed E-state index contributed by atoms with van der Waals surface area (Å²) in [5, 5.41) is 0. The third-order valence-corrected chi connectivity index (χ3v) is 2.65. The number of nitrogens with zero attached hydrogens (tertiary/aromatic N) is 2. The maximum absolute atomic E-state index is 4.28. The van der Waals surface area contributed by atoms with Crippen molar-refractivity contribution in [2.24, 2.45) is 10.9 Å². The minimum atomic E-state index is 0.863. The summed E-state index contributed by atoms with van der Waals surface area (Å²) in [5.41, 5.74) is 0. The topological polar surface area (TPSA) is 15.6 Å². The van der Waals surface area contributed by atoms with Gasteiger partial charge in [0.25, 0.3) is 0 Å². The van der Waals surface area contributed by atoms with Gasteiger partial charge in [-0.2, -0.15) is 0 Å². The molecule has 0 spiro atoms. The second-order valence-corrected chi connectivity index (χ2v) is 3.84. The predicted octanol–water partition coefficient (Wildman–Crippen LogP) is 2.84. The molecule has 0 N–H and O–H groups in total. The number of aliphatic imine (C=N–C) groups is 1. The molecule has 0 aromatic rings. The molecule has 0 amide bonds. The third kappa shape index (κ3) is 3.02. The van der Waals surface area contributed by atoms with E-state index in [1.807, 2.05) is 13.0 Å². The highest BCUT2D eigenvalue weighted by atomic mass is 15.2. The van der Waals surface area contributed by atoms with Gasteiger partial charge >= 0.3 is 0 Å². The summed E-state index contributed by atoms with van der Waals surface area (Å²) in [6, 6.07) is 0. The molecule has 0 bridgehead atoms. The van der Waals surface area contributed by atoms with Gasteiger partial charge < -0.3 is 4.90 Å². The Bertz CT molecular complexity index is 233. The predicted molar refractivity (Wildman–Crippen MR) is 62.4 cm³/mol. The Morgan fingerprint density at radius 2 is 2.07 bits per heavy atom. The standard InChI is InChI=1S/C12H20N2/c1-4-6-12(13-5-2)14-9-7-11(3)8-10-14/h4-6,11H,2,7-10H2,1,3H3/b6-4-,13-12?. The van der Waals surface area contributed by atoms with E-state index in [4.69, 9.17) is 0 Å². The third-order valence-electron chi connectivity index (χ3n) is 2.65. The van der Waals surface area contributed by atoms with Crippen molar-refractivity contribution < 1.29 is 0 Å². The largest absolute Gasteiger partial charge is 0.357 e.